The summed E-state index contributed by atoms with van der Waals surface area (Å²) in [5.74, 6) is -0.447. The Morgan fingerprint density at radius 1 is 1.20 bits per heavy atom. The highest BCUT2D eigenvalue weighted by molar-refractivity contribution is 8.01. The fourth-order valence-corrected chi connectivity index (χ4v) is 7.13. The molecule has 4 rings (SSSR count). The van der Waals surface area contributed by atoms with E-state index >= 15 is 0 Å². The molecule has 0 bridgehead atoms. The highest BCUT2D eigenvalue weighted by Gasteiger charge is 2.29. The second kappa shape index (κ2) is 9.06. The van der Waals surface area contributed by atoms with Crippen LogP contribution < -0.4 is 10.6 Å². The number of thiophene rings is 1. The molecule has 0 radical (unpaired) electrons. The molecular formula is C19H21N3O5S3. The summed E-state index contributed by atoms with van der Waals surface area (Å²) in [7, 11) is -3.54. The molecule has 0 unspecified atom stereocenters. The van der Waals surface area contributed by atoms with Crippen LogP contribution in [0, 0.1) is 0 Å². The zero-order valence-electron chi connectivity index (χ0n) is 16.0. The van der Waals surface area contributed by atoms with Gasteiger partial charge in [0.2, 0.25) is 11.8 Å². The number of anilines is 1. The Morgan fingerprint density at radius 3 is 2.77 bits per heavy atom. The molecule has 1 saturated heterocycles. The summed E-state index contributed by atoms with van der Waals surface area (Å²) in [4.78, 5) is 26.3. The zero-order chi connectivity index (χ0) is 21.1. The van der Waals surface area contributed by atoms with Crippen molar-refractivity contribution in [2.45, 2.75) is 27.3 Å². The van der Waals surface area contributed by atoms with Crippen LogP contribution in [0.2, 0.25) is 0 Å². The summed E-state index contributed by atoms with van der Waals surface area (Å²) in [5, 5.41) is 5.11. The van der Waals surface area contributed by atoms with Gasteiger partial charge in [-0.3, -0.25) is 9.59 Å². The molecule has 11 heteroatoms. The maximum absolute atomic E-state index is 12.7. The van der Waals surface area contributed by atoms with Gasteiger partial charge in [-0.2, -0.15) is 4.31 Å². The van der Waals surface area contributed by atoms with Crippen LogP contribution in [-0.2, 0) is 30.9 Å². The van der Waals surface area contributed by atoms with Gasteiger partial charge in [0.25, 0.3) is 10.0 Å². The van der Waals surface area contributed by atoms with Crippen LogP contribution in [0.4, 0.5) is 5.69 Å². The average Bonchev–Trinajstić information content (AvgIpc) is 3.23. The molecular weight excluding hydrogens is 446 g/mol. The third-order valence-corrected chi connectivity index (χ3v) is 9.46. The average molecular weight is 468 g/mol. The van der Waals surface area contributed by atoms with Crippen LogP contribution in [0.3, 0.4) is 0 Å². The van der Waals surface area contributed by atoms with Gasteiger partial charge in [0.05, 0.1) is 30.7 Å². The molecule has 2 amide bonds. The highest BCUT2D eigenvalue weighted by Crippen LogP contribution is 2.36. The van der Waals surface area contributed by atoms with Gasteiger partial charge >= 0.3 is 0 Å². The fraction of sp³-hybridized carbons (Fsp3) is 0.368. The number of rotatable bonds is 6. The highest BCUT2D eigenvalue weighted by atomic mass is 32.2. The Bertz CT molecular complexity index is 1050. The largest absolute Gasteiger partial charge is 0.379 e. The number of hydrogen-bond donors (Lipinski definition) is 2. The van der Waals surface area contributed by atoms with Crippen molar-refractivity contribution in [3.8, 4) is 0 Å². The smallest absolute Gasteiger partial charge is 0.252 e. The van der Waals surface area contributed by atoms with Crippen molar-refractivity contribution in [1.29, 1.82) is 0 Å². The van der Waals surface area contributed by atoms with Gasteiger partial charge in [-0.05, 0) is 24.3 Å². The number of benzene rings is 1. The summed E-state index contributed by atoms with van der Waals surface area (Å²) >= 11 is 2.52. The summed E-state index contributed by atoms with van der Waals surface area (Å²) in [6, 6.07) is 10.7. The van der Waals surface area contributed by atoms with Crippen molar-refractivity contribution in [2.24, 2.45) is 0 Å². The summed E-state index contributed by atoms with van der Waals surface area (Å²) in [6.07, 6.45) is 0.0507. The van der Waals surface area contributed by atoms with Gasteiger partial charge in [-0.25, -0.2) is 8.42 Å². The number of carbonyl (C=O) groups is 2. The first-order valence-electron chi connectivity index (χ1n) is 9.43. The number of morpholine rings is 1. The first-order valence-corrected chi connectivity index (χ1v) is 12.6. The summed E-state index contributed by atoms with van der Waals surface area (Å²) in [6.45, 7) is 1.69. The normalized spacial score (nSPS) is 19.7. The monoisotopic (exact) mass is 467 g/mol. The number of hydrogen-bond acceptors (Lipinski definition) is 7. The van der Waals surface area contributed by atoms with Gasteiger partial charge < -0.3 is 15.4 Å². The number of nitrogens with one attached hydrogen (secondary N) is 2. The quantitative estimate of drug-likeness (QED) is 0.672. The molecule has 2 aromatic rings. The van der Waals surface area contributed by atoms with Gasteiger partial charge in [-0.1, -0.05) is 12.1 Å². The molecule has 0 saturated carbocycles. The molecule has 0 aliphatic carbocycles. The molecule has 2 aliphatic heterocycles. The Labute approximate surface area is 183 Å². The Balaban J connectivity index is 1.32. The maximum atomic E-state index is 12.7. The number of nitrogens with zero attached hydrogens (tertiary/aromatic N) is 1. The van der Waals surface area contributed by atoms with E-state index in [0.29, 0.717) is 26.3 Å². The molecule has 1 fully saturated rings. The molecule has 0 spiro atoms. The number of fused-ring (bicyclic) bond motifs is 1. The minimum absolute atomic E-state index is 0.0507. The molecule has 160 valence electrons. The standard InChI is InChI=1S/C19H21N3O5S3/c23-17(11-16-19(24)21-14-3-1-2-4-15(14)29-16)20-12-13-5-6-18(28-13)30(25,26)22-7-9-27-10-8-22/h1-6,16H,7-12H2,(H,20,23)(H,21,24)/t16-/m0/s1. The number of amides is 2. The lowest BCUT2D eigenvalue weighted by molar-refractivity contribution is -0.124. The lowest BCUT2D eigenvalue weighted by Gasteiger charge is -2.25. The first kappa shape index (κ1) is 21.3. The van der Waals surface area contributed by atoms with Crippen LogP contribution in [0.5, 0.6) is 0 Å². The Morgan fingerprint density at radius 2 is 1.97 bits per heavy atom. The van der Waals surface area contributed by atoms with E-state index < -0.39 is 15.3 Å². The van der Waals surface area contributed by atoms with Crippen molar-refractivity contribution in [3.63, 3.8) is 0 Å². The number of ether oxygens (including phenoxy) is 1. The van der Waals surface area contributed by atoms with E-state index in [1.54, 1.807) is 12.1 Å². The molecule has 3 heterocycles. The predicted octanol–water partition coefficient (Wildman–Crippen LogP) is 1.89. The van der Waals surface area contributed by atoms with Crippen molar-refractivity contribution in [1.82, 2.24) is 9.62 Å². The topological polar surface area (TPSA) is 105 Å². The van der Waals surface area contributed by atoms with E-state index in [4.69, 9.17) is 4.74 Å². The number of para-hydroxylation sites is 1. The second-order valence-corrected chi connectivity index (χ2v) is 11.4. The molecule has 8 nitrogen and oxygen atoms in total. The molecule has 30 heavy (non-hydrogen) atoms. The maximum Gasteiger partial charge on any atom is 0.252 e. The van der Waals surface area contributed by atoms with Crippen molar-refractivity contribution < 1.29 is 22.7 Å². The van der Waals surface area contributed by atoms with Crippen LogP contribution in [0.1, 0.15) is 11.3 Å². The van der Waals surface area contributed by atoms with Gasteiger partial charge in [-0.15, -0.1) is 23.1 Å². The van der Waals surface area contributed by atoms with Crippen LogP contribution in [0.25, 0.3) is 0 Å². The molecule has 2 N–H and O–H groups in total. The minimum Gasteiger partial charge on any atom is -0.379 e. The molecule has 1 aromatic carbocycles. The lowest BCUT2D eigenvalue weighted by atomic mass is 10.2. The SMILES string of the molecule is O=C(C[C@@H]1Sc2ccccc2NC1=O)NCc1ccc(S(=O)(=O)N2CCOCC2)s1. The van der Waals surface area contributed by atoms with E-state index in [9.17, 15) is 18.0 Å². The molecule has 2 aliphatic rings. The van der Waals surface area contributed by atoms with E-state index in [2.05, 4.69) is 10.6 Å². The first-order chi connectivity index (χ1) is 14.4. The van der Waals surface area contributed by atoms with E-state index in [1.165, 1.54) is 16.1 Å². The molecule has 1 atom stereocenters. The summed E-state index contributed by atoms with van der Waals surface area (Å²) < 4.78 is 32.3. The van der Waals surface area contributed by atoms with Crippen LogP contribution >= 0.6 is 23.1 Å². The minimum atomic E-state index is -3.54. The lowest BCUT2D eigenvalue weighted by Crippen LogP contribution is -2.40. The van der Waals surface area contributed by atoms with Crippen LogP contribution in [0.15, 0.2) is 45.5 Å². The number of thioether (sulfide) groups is 1. The van der Waals surface area contributed by atoms with Crippen LogP contribution in [-0.4, -0.2) is 56.1 Å². The zero-order valence-corrected chi connectivity index (χ0v) is 18.4. The Hall–Kier alpha value is -1.92. The predicted molar refractivity (Wildman–Crippen MR) is 115 cm³/mol. The molecule has 1 aromatic heterocycles. The Kier molecular flexibility index (Phi) is 6.44. The number of carbonyl (C=O) groups excluding carboxylic acids is 2. The summed E-state index contributed by atoms with van der Waals surface area (Å²) in [5.41, 5.74) is 0.761. The third-order valence-electron chi connectivity index (χ3n) is 4.74. The van der Waals surface area contributed by atoms with E-state index in [0.717, 1.165) is 26.8 Å². The van der Waals surface area contributed by atoms with E-state index in [-0.39, 0.29) is 29.0 Å². The fourth-order valence-electron chi connectivity index (χ4n) is 3.16. The van der Waals surface area contributed by atoms with Gasteiger partial charge in [0, 0.05) is 29.3 Å². The van der Waals surface area contributed by atoms with Crippen molar-refractivity contribution in [2.75, 3.05) is 31.6 Å². The van der Waals surface area contributed by atoms with Gasteiger partial charge in [0.15, 0.2) is 0 Å². The third kappa shape index (κ3) is 4.70. The number of sulfonamides is 1. The second-order valence-electron chi connectivity index (χ2n) is 6.81. The van der Waals surface area contributed by atoms with E-state index in [1.807, 2.05) is 24.3 Å². The van der Waals surface area contributed by atoms with Crippen molar-refractivity contribution in [3.05, 3.63) is 41.3 Å². The van der Waals surface area contributed by atoms with Gasteiger partial charge in [0.1, 0.15) is 4.21 Å². The van der Waals surface area contributed by atoms with Crippen molar-refractivity contribution >= 4 is 50.6 Å².